The second-order valence-corrected chi connectivity index (χ2v) is 5.13. The molecular formula is C17H15N3O2. The maximum Gasteiger partial charge on any atom is 0.248 e. The standard InChI is InChI=1S/C17H15N3O2/c1-12-8-10-15(11-9-12)19-18-13(2)16(20(19)22)17(21)14-6-4-3-5-7-14/h3-11H,1-2H3. The molecule has 1 heterocycles. The predicted molar refractivity (Wildman–Crippen MR) is 81.9 cm³/mol. The average molecular weight is 293 g/mol. The molecule has 0 amide bonds. The zero-order valence-electron chi connectivity index (χ0n) is 12.4. The Balaban J connectivity index is 2.08. The van der Waals surface area contributed by atoms with Gasteiger partial charge in [-0.25, -0.2) is 0 Å². The van der Waals surface area contributed by atoms with Crippen LogP contribution in [0.1, 0.15) is 27.3 Å². The number of aryl methyl sites for hydroxylation is 2. The second-order valence-electron chi connectivity index (χ2n) is 5.13. The van der Waals surface area contributed by atoms with Gasteiger partial charge in [-0.15, -0.1) is 4.85 Å². The van der Waals surface area contributed by atoms with Crippen molar-refractivity contribution in [3.8, 4) is 5.69 Å². The lowest BCUT2D eigenvalue weighted by Crippen LogP contribution is -2.42. The summed E-state index contributed by atoms with van der Waals surface area (Å²) in [5, 5.41) is 16.7. The van der Waals surface area contributed by atoms with Crippen LogP contribution in [0.15, 0.2) is 54.6 Å². The van der Waals surface area contributed by atoms with Crippen molar-refractivity contribution in [2.75, 3.05) is 0 Å². The van der Waals surface area contributed by atoms with Crippen molar-refractivity contribution in [3.05, 3.63) is 82.3 Å². The topological polar surface area (TPSA) is 61.8 Å². The maximum absolute atomic E-state index is 12.5. The molecule has 110 valence electrons. The van der Waals surface area contributed by atoms with Gasteiger partial charge in [0.2, 0.25) is 17.2 Å². The highest BCUT2D eigenvalue weighted by Gasteiger charge is 2.27. The summed E-state index contributed by atoms with van der Waals surface area (Å²) in [6.07, 6.45) is 0. The molecule has 0 radical (unpaired) electrons. The maximum atomic E-state index is 12.5. The third-order valence-electron chi connectivity index (χ3n) is 3.47. The largest absolute Gasteiger partial charge is 0.692 e. The Morgan fingerprint density at radius 1 is 1.05 bits per heavy atom. The Kier molecular flexibility index (Phi) is 3.47. The average Bonchev–Trinajstić information content (AvgIpc) is 2.83. The highest BCUT2D eigenvalue weighted by atomic mass is 16.5. The van der Waals surface area contributed by atoms with E-state index in [1.807, 2.05) is 25.1 Å². The molecule has 0 spiro atoms. The van der Waals surface area contributed by atoms with Gasteiger partial charge in [-0.05, 0) is 23.9 Å². The number of aromatic nitrogens is 3. The number of hydrogen-bond donors (Lipinski definition) is 0. The molecule has 5 heteroatoms. The number of benzene rings is 2. The number of carbonyl (C=O) groups is 1. The van der Waals surface area contributed by atoms with Gasteiger partial charge >= 0.3 is 0 Å². The molecule has 0 N–H and O–H groups in total. The quantitative estimate of drug-likeness (QED) is 0.423. The van der Waals surface area contributed by atoms with E-state index in [0.717, 1.165) is 5.56 Å². The smallest absolute Gasteiger partial charge is 0.248 e. The Labute approximate surface area is 128 Å². The monoisotopic (exact) mass is 293 g/mol. The molecule has 1 aromatic heterocycles. The van der Waals surface area contributed by atoms with E-state index >= 15 is 0 Å². The summed E-state index contributed by atoms with van der Waals surface area (Å²) < 4.78 is 0. The number of rotatable bonds is 3. The molecule has 0 aliphatic heterocycles. The fourth-order valence-electron chi connectivity index (χ4n) is 2.28. The van der Waals surface area contributed by atoms with Crippen molar-refractivity contribution in [3.63, 3.8) is 0 Å². The Bertz CT molecular complexity index is 821. The van der Waals surface area contributed by atoms with Gasteiger partial charge in [0, 0.05) is 17.6 Å². The summed E-state index contributed by atoms with van der Waals surface area (Å²) in [5.41, 5.74) is 2.64. The molecule has 3 rings (SSSR count). The Morgan fingerprint density at radius 3 is 2.32 bits per heavy atom. The lowest BCUT2D eigenvalue weighted by atomic mass is 10.1. The normalized spacial score (nSPS) is 10.6. The van der Waals surface area contributed by atoms with Gasteiger partial charge in [0.05, 0.1) is 0 Å². The van der Waals surface area contributed by atoms with E-state index in [0.29, 0.717) is 21.8 Å². The van der Waals surface area contributed by atoms with E-state index in [-0.39, 0.29) is 11.5 Å². The summed E-state index contributed by atoms with van der Waals surface area (Å²) in [5.74, 6) is -0.327. The summed E-state index contributed by atoms with van der Waals surface area (Å²) in [6.45, 7) is 3.63. The molecule has 0 atom stereocenters. The van der Waals surface area contributed by atoms with Gasteiger partial charge in [-0.1, -0.05) is 48.0 Å². The van der Waals surface area contributed by atoms with E-state index in [2.05, 4.69) is 5.10 Å². The fourth-order valence-corrected chi connectivity index (χ4v) is 2.28. The van der Waals surface area contributed by atoms with E-state index in [1.54, 1.807) is 43.3 Å². The van der Waals surface area contributed by atoms with Gasteiger partial charge in [0.25, 0.3) is 0 Å². The Hall–Kier alpha value is -2.95. The second kappa shape index (κ2) is 5.44. The number of hydrogen-bond acceptors (Lipinski definition) is 3. The van der Waals surface area contributed by atoms with Crippen LogP contribution in [0.5, 0.6) is 0 Å². The van der Waals surface area contributed by atoms with Crippen molar-refractivity contribution in [1.82, 2.24) is 9.90 Å². The molecule has 3 aromatic rings. The van der Waals surface area contributed by atoms with E-state index in [9.17, 15) is 10.0 Å². The third kappa shape index (κ3) is 2.37. The van der Waals surface area contributed by atoms with Crippen molar-refractivity contribution in [1.29, 1.82) is 0 Å². The van der Waals surface area contributed by atoms with Crippen LogP contribution in [0.25, 0.3) is 5.69 Å². The molecule has 0 aliphatic rings. The molecule has 0 saturated carbocycles. The first-order valence-electron chi connectivity index (χ1n) is 6.94. The van der Waals surface area contributed by atoms with Crippen LogP contribution in [-0.4, -0.2) is 15.7 Å². The van der Waals surface area contributed by atoms with Gasteiger partial charge in [-0.2, -0.15) is 0 Å². The number of ketones is 1. The van der Waals surface area contributed by atoms with Crippen LogP contribution in [0.4, 0.5) is 0 Å². The molecule has 0 fully saturated rings. The third-order valence-corrected chi connectivity index (χ3v) is 3.47. The van der Waals surface area contributed by atoms with Crippen LogP contribution in [0, 0.1) is 19.1 Å². The van der Waals surface area contributed by atoms with Crippen LogP contribution >= 0.6 is 0 Å². The molecule has 0 bridgehead atoms. The first-order chi connectivity index (χ1) is 10.6. The highest BCUT2D eigenvalue weighted by molar-refractivity contribution is 6.07. The van der Waals surface area contributed by atoms with Gasteiger partial charge in [0.1, 0.15) is 5.69 Å². The summed E-state index contributed by atoms with van der Waals surface area (Å²) in [7, 11) is 0. The highest BCUT2D eigenvalue weighted by Crippen LogP contribution is 2.12. The zero-order valence-corrected chi connectivity index (χ0v) is 12.4. The lowest BCUT2D eigenvalue weighted by Gasteiger charge is -2.06. The van der Waals surface area contributed by atoms with Crippen molar-refractivity contribution in [2.45, 2.75) is 13.8 Å². The minimum Gasteiger partial charge on any atom is -0.692 e. The van der Waals surface area contributed by atoms with Crippen LogP contribution in [0.3, 0.4) is 0 Å². The van der Waals surface area contributed by atoms with Gasteiger partial charge in [0.15, 0.2) is 0 Å². The van der Waals surface area contributed by atoms with Gasteiger partial charge < -0.3 is 5.21 Å². The zero-order chi connectivity index (χ0) is 15.7. The van der Waals surface area contributed by atoms with Crippen LogP contribution in [0.2, 0.25) is 0 Å². The molecular weight excluding hydrogens is 278 g/mol. The van der Waals surface area contributed by atoms with E-state index in [4.69, 9.17) is 0 Å². The first-order valence-corrected chi connectivity index (χ1v) is 6.94. The summed E-state index contributed by atoms with van der Waals surface area (Å²) in [4.78, 5) is 14.3. The molecule has 0 unspecified atom stereocenters. The van der Waals surface area contributed by atoms with Crippen molar-refractivity contribution < 1.29 is 9.64 Å². The van der Waals surface area contributed by atoms with Gasteiger partial charge in [-0.3, -0.25) is 4.79 Å². The van der Waals surface area contributed by atoms with Crippen molar-refractivity contribution >= 4 is 5.78 Å². The van der Waals surface area contributed by atoms with Crippen molar-refractivity contribution in [2.24, 2.45) is 0 Å². The minimum absolute atomic E-state index is 0.0479. The summed E-state index contributed by atoms with van der Waals surface area (Å²) in [6, 6.07) is 16.1. The SMILES string of the molecule is Cc1ccc(-n2nc(C)c(C(=O)c3ccccc3)[n+]2[O-])cc1. The minimum atomic E-state index is -0.327. The van der Waals surface area contributed by atoms with Crippen LogP contribution < -0.4 is 4.85 Å². The Morgan fingerprint density at radius 2 is 1.68 bits per heavy atom. The lowest BCUT2D eigenvalue weighted by molar-refractivity contribution is -0.690. The molecule has 5 nitrogen and oxygen atoms in total. The molecule has 22 heavy (non-hydrogen) atoms. The first kappa shape index (κ1) is 14.0. The van der Waals surface area contributed by atoms with Crippen LogP contribution in [-0.2, 0) is 0 Å². The fraction of sp³-hybridized carbons (Fsp3) is 0.118. The molecule has 2 aromatic carbocycles. The number of carbonyl (C=O) groups excluding carboxylic acids is 1. The van der Waals surface area contributed by atoms with E-state index < -0.39 is 0 Å². The summed E-state index contributed by atoms with van der Waals surface area (Å²) >= 11 is 0. The predicted octanol–water partition coefficient (Wildman–Crippen LogP) is 2.35. The van der Waals surface area contributed by atoms with E-state index in [1.165, 1.54) is 4.80 Å². The number of nitrogens with zero attached hydrogens (tertiary/aromatic N) is 3. The molecule has 0 aliphatic carbocycles. The molecule has 0 saturated heterocycles.